The van der Waals surface area contributed by atoms with Crippen LogP contribution in [0.2, 0.25) is 5.02 Å². The van der Waals surface area contributed by atoms with Gasteiger partial charge in [-0.05, 0) is 29.8 Å². The number of nitrogens with zero attached hydrogens (tertiary/aromatic N) is 2. The van der Waals surface area contributed by atoms with Gasteiger partial charge in [0.25, 0.3) is 0 Å². The molecular weight excluding hydrogens is 344 g/mol. The van der Waals surface area contributed by atoms with Crippen LogP contribution in [-0.4, -0.2) is 15.9 Å². The zero-order valence-corrected chi connectivity index (χ0v) is 13.5. The number of hydrogen-bond acceptors (Lipinski definition) is 5. The molecule has 0 saturated carbocycles. The lowest BCUT2D eigenvalue weighted by Gasteiger charge is -2.06. The second kappa shape index (κ2) is 7.11. The molecule has 0 radical (unpaired) electrons. The molecule has 0 aliphatic carbocycles. The van der Waals surface area contributed by atoms with Crippen LogP contribution in [0.3, 0.4) is 0 Å². The smallest absolute Gasteiger partial charge is 0.336 e. The highest BCUT2D eigenvalue weighted by Crippen LogP contribution is 2.34. The number of halogens is 1. The highest BCUT2D eigenvalue weighted by atomic mass is 35.5. The lowest BCUT2D eigenvalue weighted by molar-refractivity contribution is -0.385. The Labute approximate surface area is 147 Å². The number of hydrogen-bond donors (Lipinski definition) is 0. The van der Waals surface area contributed by atoms with Crippen molar-refractivity contribution in [2.45, 2.75) is 0 Å². The molecule has 0 aliphatic heterocycles. The van der Waals surface area contributed by atoms with Gasteiger partial charge in [-0.15, -0.1) is 0 Å². The fourth-order valence-electron chi connectivity index (χ4n) is 2.25. The predicted octanol–water partition coefficient (Wildman–Crippen LogP) is 4.42. The van der Waals surface area contributed by atoms with E-state index < -0.39 is 10.9 Å². The van der Waals surface area contributed by atoms with E-state index in [9.17, 15) is 14.9 Å². The third-order valence-corrected chi connectivity index (χ3v) is 3.76. The minimum absolute atomic E-state index is 0.183. The van der Waals surface area contributed by atoms with Gasteiger partial charge in [-0.3, -0.25) is 15.1 Å². The van der Waals surface area contributed by atoms with Gasteiger partial charge in [-0.25, -0.2) is 4.79 Å². The van der Waals surface area contributed by atoms with Crippen molar-refractivity contribution >= 4 is 40.2 Å². The molecule has 1 aromatic heterocycles. The summed E-state index contributed by atoms with van der Waals surface area (Å²) in [6.45, 7) is 0. The number of ether oxygens (including phenoxy) is 1. The third kappa shape index (κ3) is 3.64. The van der Waals surface area contributed by atoms with Crippen molar-refractivity contribution in [2.24, 2.45) is 0 Å². The van der Waals surface area contributed by atoms with E-state index in [0.29, 0.717) is 16.0 Å². The number of aromatic nitrogens is 1. The Morgan fingerprint density at radius 1 is 1.16 bits per heavy atom. The largest absolute Gasteiger partial charge is 0.414 e. The Hall–Kier alpha value is -3.25. The highest BCUT2D eigenvalue weighted by Gasteiger charge is 2.21. The summed E-state index contributed by atoms with van der Waals surface area (Å²) in [4.78, 5) is 26.8. The minimum atomic E-state index is -0.763. The number of benzene rings is 2. The van der Waals surface area contributed by atoms with Gasteiger partial charge < -0.3 is 4.74 Å². The summed E-state index contributed by atoms with van der Waals surface area (Å²) >= 11 is 6.01. The summed E-state index contributed by atoms with van der Waals surface area (Å²) in [5.74, 6) is -0.946. The van der Waals surface area contributed by atoms with Crippen LogP contribution in [-0.2, 0) is 4.79 Å². The molecular formula is C18H11ClN2O4. The van der Waals surface area contributed by atoms with Crippen molar-refractivity contribution in [3.05, 3.63) is 81.5 Å². The monoisotopic (exact) mass is 354 g/mol. The van der Waals surface area contributed by atoms with Gasteiger partial charge in [-0.2, -0.15) is 0 Å². The van der Waals surface area contributed by atoms with E-state index in [0.717, 1.165) is 6.08 Å². The molecule has 0 aliphatic rings. The van der Waals surface area contributed by atoms with Gasteiger partial charge in [0.05, 0.1) is 4.92 Å². The van der Waals surface area contributed by atoms with Gasteiger partial charge in [-0.1, -0.05) is 35.9 Å². The van der Waals surface area contributed by atoms with E-state index in [4.69, 9.17) is 16.3 Å². The van der Waals surface area contributed by atoms with Crippen molar-refractivity contribution in [1.82, 2.24) is 4.98 Å². The molecule has 1 heterocycles. The topological polar surface area (TPSA) is 82.3 Å². The molecule has 0 unspecified atom stereocenters. The number of rotatable bonds is 4. The molecule has 6 nitrogen and oxygen atoms in total. The summed E-state index contributed by atoms with van der Waals surface area (Å²) in [5, 5.41) is 12.3. The van der Waals surface area contributed by atoms with E-state index >= 15 is 0 Å². The van der Waals surface area contributed by atoms with Crippen LogP contribution in [0.4, 0.5) is 5.69 Å². The van der Waals surface area contributed by atoms with Crippen LogP contribution in [0.15, 0.2) is 60.8 Å². The average Bonchev–Trinajstić information content (AvgIpc) is 2.61. The van der Waals surface area contributed by atoms with Crippen LogP contribution in [0.1, 0.15) is 5.56 Å². The average molecular weight is 355 g/mol. The molecule has 0 atom stereocenters. The summed E-state index contributed by atoms with van der Waals surface area (Å²) in [6, 6.07) is 13.2. The van der Waals surface area contributed by atoms with E-state index in [2.05, 4.69) is 4.98 Å². The van der Waals surface area contributed by atoms with E-state index in [-0.39, 0.29) is 17.0 Å². The minimum Gasteiger partial charge on any atom is -0.414 e. The zero-order valence-electron chi connectivity index (χ0n) is 12.8. The van der Waals surface area contributed by atoms with Gasteiger partial charge in [0.15, 0.2) is 0 Å². The molecule has 7 heteroatoms. The third-order valence-electron chi connectivity index (χ3n) is 3.41. The van der Waals surface area contributed by atoms with E-state index in [1.807, 2.05) is 0 Å². The second-order valence-corrected chi connectivity index (χ2v) is 5.43. The number of pyridine rings is 1. The first kappa shape index (κ1) is 16.6. The molecule has 0 fully saturated rings. The van der Waals surface area contributed by atoms with Crippen molar-refractivity contribution < 1.29 is 14.5 Å². The summed E-state index contributed by atoms with van der Waals surface area (Å²) < 4.78 is 5.21. The molecule has 3 rings (SSSR count). The summed E-state index contributed by atoms with van der Waals surface area (Å²) in [5.41, 5.74) is 0.550. The Morgan fingerprint density at radius 2 is 1.96 bits per heavy atom. The zero-order chi connectivity index (χ0) is 17.8. The summed E-state index contributed by atoms with van der Waals surface area (Å²) in [7, 11) is 0. The lowest BCUT2D eigenvalue weighted by Crippen LogP contribution is -2.07. The maximum atomic E-state index is 12.1. The normalized spacial score (nSPS) is 10.9. The van der Waals surface area contributed by atoms with Gasteiger partial charge in [0, 0.05) is 28.7 Å². The molecule has 2 aromatic carbocycles. The van der Waals surface area contributed by atoms with Crippen molar-refractivity contribution in [1.29, 1.82) is 0 Å². The standard InChI is InChI=1S/C18H11ClN2O4/c19-14-6-2-1-4-12(14)8-10-16(22)25-18-15(21(23)24)9-7-13-5-3-11-20-17(13)18/h1-11H/b10-8+. The quantitative estimate of drug-likeness (QED) is 0.228. The van der Waals surface area contributed by atoms with Crippen LogP contribution in [0.25, 0.3) is 17.0 Å². The fraction of sp³-hybridized carbons (Fsp3) is 0. The molecule has 0 amide bonds. The Bertz CT molecular complexity index is 1000. The number of esters is 1. The molecule has 0 N–H and O–H groups in total. The first-order chi connectivity index (χ1) is 12.1. The highest BCUT2D eigenvalue weighted by molar-refractivity contribution is 6.32. The molecule has 0 bridgehead atoms. The predicted molar refractivity (Wildman–Crippen MR) is 94.5 cm³/mol. The van der Waals surface area contributed by atoms with Crippen molar-refractivity contribution in [3.8, 4) is 5.75 Å². The molecule has 124 valence electrons. The SMILES string of the molecule is O=C(/C=C/c1ccccc1Cl)Oc1c([N+](=O)[O-])ccc2cccnc12. The maximum Gasteiger partial charge on any atom is 0.336 e. The van der Waals surface area contributed by atoms with Crippen LogP contribution < -0.4 is 4.74 Å². The Kier molecular flexibility index (Phi) is 4.72. The summed E-state index contributed by atoms with van der Waals surface area (Å²) in [6.07, 6.45) is 4.12. The molecule has 3 aromatic rings. The number of nitro groups is 1. The lowest BCUT2D eigenvalue weighted by atomic mass is 10.2. The molecule has 0 saturated heterocycles. The second-order valence-electron chi connectivity index (χ2n) is 5.02. The van der Waals surface area contributed by atoms with E-state index in [1.165, 1.54) is 18.3 Å². The van der Waals surface area contributed by atoms with Crippen LogP contribution in [0.5, 0.6) is 5.75 Å². The van der Waals surface area contributed by atoms with Gasteiger partial charge in [0.2, 0.25) is 5.75 Å². The van der Waals surface area contributed by atoms with Crippen LogP contribution >= 0.6 is 11.6 Å². The fourth-order valence-corrected chi connectivity index (χ4v) is 2.45. The van der Waals surface area contributed by atoms with Gasteiger partial charge in [0.1, 0.15) is 5.52 Å². The van der Waals surface area contributed by atoms with Gasteiger partial charge >= 0.3 is 11.7 Å². The molecule has 0 spiro atoms. The maximum absolute atomic E-state index is 12.1. The number of nitro benzene ring substituents is 1. The number of carbonyl (C=O) groups excluding carboxylic acids is 1. The number of fused-ring (bicyclic) bond motifs is 1. The first-order valence-electron chi connectivity index (χ1n) is 7.23. The Morgan fingerprint density at radius 3 is 2.72 bits per heavy atom. The number of carbonyl (C=O) groups is 1. The first-order valence-corrected chi connectivity index (χ1v) is 7.60. The van der Waals surface area contributed by atoms with Crippen molar-refractivity contribution in [3.63, 3.8) is 0 Å². The van der Waals surface area contributed by atoms with Crippen LogP contribution in [0, 0.1) is 10.1 Å². The van der Waals surface area contributed by atoms with Crippen molar-refractivity contribution in [2.75, 3.05) is 0 Å². The molecule has 25 heavy (non-hydrogen) atoms. The van der Waals surface area contributed by atoms with E-state index in [1.54, 1.807) is 42.5 Å². The Balaban J connectivity index is 1.94.